The third kappa shape index (κ3) is 1.91. The van der Waals surface area contributed by atoms with E-state index in [4.69, 9.17) is 12.2 Å². The molecular weight excluding hydrogens is 238 g/mol. The number of aromatic nitrogens is 2. The summed E-state index contributed by atoms with van der Waals surface area (Å²) in [5.74, 6) is 0.903. The molecule has 2 fully saturated rings. The largest absolute Gasteiger partial charge is 0.343 e. The summed E-state index contributed by atoms with van der Waals surface area (Å²) in [4.78, 5) is 2.50. The fraction of sp³-hybridized carbons (Fsp3) is 0.818. The molecule has 0 amide bonds. The molecule has 1 N–H and O–H groups in total. The maximum Gasteiger partial charge on any atom is 0.207 e. The Bertz CT molecular complexity index is 409. The molecule has 2 atom stereocenters. The monoisotopic (exact) mass is 255 g/mol. The van der Waals surface area contributed by atoms with Gasteiger partial charge >= 0.3 is 0 Å². The molecule has 1 saturated carbocycles. The molecule has 1 aromatic heterocycles. The maximum absolute atomic E-state index is 5.12. The highest BCUT2D eigenvalue weighted by Crippen LogP contribution is 2.38. The molecule has 2 heterocycles. The van der Waals surface area contributed by atoms with Crippen molar-refractivity contribution in [3.05, 3.63) is 3.95 Å². The van der Waals surface area contributed by atoms with Gasteiger partial charge in [-0.2, -0.15) is 0 Å². The molecule has 0 radical (unpaired) electrons. The summed E-state index contributed by atoms with van der Waals surface area (Å²) in [6, 6.07) is 0.733. The van der Waals surface area contributed by atoms with Crippen molar-refractivity contribution >= 4 is 28.7 Å². The number of hydrogen-bond acceptors (Lipinski definition) is 4. The molecule has 1 aliphatic carbocycles. The Labute approximate surface area is 105 Å². The molecule has 1 saturated heterocycles. The van der Waals surface area contributed by atoms with Crippen LogP contribution in [-0.4, -0.2) is 22.8 Å². The number of nitrogens with zero attached hydrogens (tertiary/aromatic N) is 2. The van der Waals surface area contributed by atoms with E-state index in [-0.39, 0.29) is 0 Å². The van der Waals surface area contributed by atoms with Crippen LogP contribution >= 0.6 is 23.6 Å². The van der Waals surface area contributed by atoms with Gasteiger partial charge in [0, 0.05) is 12.6 Å². The lowest BCUT2D eigenvalue weighted by Crippen LogP contribution is -2.46. The first-order valence-electron chi connectivity index (χ1n) is 6.17. The molecule has 0 bridgehead atoms. The highest BCUT2D eigenvalue weighted by Gasteiger charge is 2.34. The van der Waals surface area contributed by atoms with Gasteiger partial charge in [-0.15, -0.1) is 5.10 Å². The van der Waals surface area contributed by atoms with Crippen LogP contribution in [0.2, 0.25) is 0 Å². The first kappa shape index (κ1) is 10.7. The van der Waals surface area contributed by atoms with Crippen molar-refractivity contribution in [2.75, 3.05) is 11.4 Å². The number of piperidine rings is 1. The number of H-pyrrole nitrogens is 1. The van der Waals surface area contributed by atoms with Crippen LogP contribution in [0.5, 0.6) is 0 Å². The smallest absolute Gasteiger partial charge is 0.207 e. The molecule has 1 aromatic rings. The second-order valence-electron chi connectivity index (χ2n) is 4.84. The van der Waals surface area contributed by atoms with Crippen LogP contribution in [-0.2, 0) is 0 Å². The third-order valence-corrected chi connectivity index (χ3v) is 5.04. The lowest BCUT2D eigenvalue weighted by molar-refractivity contribution is 0.243. The number of fused-ring (bicyclic) bond motifs is 1. The molecule has 3 rings (SSSR count). The van der Waals surface area contributed by atoms with Gasteiger partial charge in [0.05, 0.1) is 0 Å². The van der Waals surface area contributed by atoms with E-state index in [1.54, 1.807) is 11.3 Å². The molecule has 16 heavy (non-hydrogen) atoms. The zero-order valence-electron chi connectivity index (χ0n) is 9.32. The van der Waals surface area contributed by atoms with Crippen LogP contribution in [0, 0.1) is 9.87 Å². The molecule has 1 aliphatic heterocycles. The fourth-order valence-electron chi connectivity index (χ4n) is 3.21. The van der Waals surface area contributed by atoms with Crippen molar-refractivity contribution < 1.29 is 0 Å². The van der Waals surface area contributed by atoms with E-state index >= 15 is 0 Å². The van der Waals surface area contributed by atoms with Crippen molar-refractivity contribution in [2.45, 2.75) is 44.6 Å². The molecule has 2 aliphatic rings. The Hall–Kier alpha value is -0.420. The van der Waals surface area contributed by atoms with Crippen LogP contribution in [0.1, 0.15) is 38.5 Å². The Morgan fingerprint density at radius 3 is 2.88 bits per heavy atom. The van der Waals surface area contributed by atoms with E-state index in [0.717, 1.165) is 27.6 Å². The maximum atomic E-state index is 5.12. The molecule has 5 heteroatoms. The quantitative estimate of drug-likeness (QED) is 0.781. The summed E-state index contributed by atoms with van der Waals surface area (Å²) in [5.41, 5.74) is 0. The second kappa shape index (κ2) is 4.45. The number of anilines is 1. The van der Waals surface area contributed by atoms with E-state index in [1.165, 1.54) is 38.5 Å². The molecule has 0 aromatic carbocycles. The summed E-state index contributed by atoms with van der Waals surface area (Å²) in [6.07, 6.45) is 8.29. The summed E-state index contributed by atoms with van der Waals surface area (Å²) in [7, 11) is 0. The standard InChI is InChI=1S/C11H17N3S2/c15-11-13-12-10(16-11)14-7-3-5-8-4-1-2-6-9(8)14/h8-9H,1-7H2,(H,13,15)/t8-,9-/m1/s1. The predicted octanol–water partition coefficient (Wildman–Crippen LogP) is 3.36. The minimum Gasteiger partial charge on any atom is -0.343 e. The van der Waals surface area contributed by atoms with E-state index in [2.05, 4.69) is 15.1 Å². The van der Waals surface area contributed by atoms with Gasteiger partial charge in [-0.1, -0.05) is 24.2 Å². The SMILES string of the molecule is S=c1[nH]nc(N2CCC[C@H]3CCCC[C@H]32)s1. The van der Waals surface area contributed by atoms with Crippen LogP contribution < -0.4 is 4.90 Å². The number of rotatable bonds is 1. The van der Waals surface area contributed by atoms with Gasteiger partial charge in [0.25, 0.3) is 0 Å². The van der Waals surface area contributed by atoms with Gasteiger partial charge < -0.3 is 4.90 Å². The van der Waals surface area contributed by atoms with Crippen LogP contribution in [0.3, 0.4) is 0 Å². The molecule has 0 spiro atoms. The van der Waals surface area contributed by atoms with Gasteiger partial charge in [0.2, 0.25) is 5.13 Å². The van der Waals surface area contributed by atoms with Gasteiger partial charge in [0.15, 0.2) is 3.95 Å². The number of nitrogens with one attached hydrogen (secondary N) is 1. The van der Waals surface area contributed by atoms with Gasteiger partial charge in [-0.25, -0.2) is 0 Å². The minimum atomic E-state index is 0.733. The minimum absolute atomic E-state index is 0.733. The van der Waals surface area contributed by atoms with E-state index in [0.29, 0.717) is 0 Å². The lowest BCUT2D eigenvalue weighted by atomic mass is 9.78. The molecule has 0 unspecified atom stereocenters. The van der Waals surface area contributed by atoms with Crippen molar-refractivity contribution in [2.24, 2.45) is 5.92 Å². The molecule has 88 valence electrons. The predicted molar refractivity (Wildman–Crippen MR) is 69.6 cm³/mol. The van der Waals surface area contributed by atoms with Gasteiger partial charge in [0.1, 0.15) is 0 Å². The van der Waals surface area contributed by atoms with Crippen molar-refractivity contribution in [3.63, 3.8) is 0 Å². The Morgan fingerprint density at radius 1 is 1.25 bits per heavy atom. The van der Waals surface area contributed by atoms with Crippen LogP contribution in [0.25, 0.3) is 0 Å². The average Bonchev–Trinajstić information content (AvgIpc) is 2.75. The summed E-state index contributed by atoms with van der Waals surface area (Å²) < 4.78 is 0.799. The summed E-state index contributed by atoms with van der Waals surface area (Å²) in [5, 5.41) is 8.36. The highest BCUT2D eigenvalue weighted by atomic mass is 32.1. The zero-order valence-corrected chi connectivity index (χ0v) is 10.9. The van der Waals surface area contributed by atoms with Crippen molar-refractivity contribution in [1.82, 2.24) is 10.2 Å². The van der Waals surface area contributed by atoms with E-state index in [1.807, 2.05) is 0 Å². The van der Waals surface area contributed by atoms with Crippen molar-refractivity contribution in [1.29, 1.82) is 0 Å². The number of aromatic amines is 1. The van der Waals surface area contributed by atoms with Crippen LogP contribution in [0.4, 0.5) is 5.13 Å². The zero-order chi connectivity index (χ0) is 11.0. The summed E-state index contributed by atoms with van der Waals surface area (Å²) in [6.45, 7) is 1.16. The molecular formula is C11H17N3S2. The first-order valence-corrected chi connectivity index (χ1v) is 7.39. The topological polar surface area (TPSA) is 31.9 Å². The van der Waals surface area contributed by atoms with Gasteiger partial charge in [-0.3, -0.25) is 5.10 Å². The van der Waals surface area contributed by atoms with Crippen LogP contribution in [0.15, 0.2) is 0 Å². The fourth-order valence-corrected chi connectivity index (χ4v) is 4.17. The van der Waals surface area contributed by atoms with E-state index in [9.17, 15) is 0 Å². The Kier molecular flexibility index (Phi) is 2.98. The first-order chi connectivity index (χ1) is 7.84. The number of hydrogen-bond donors (Lipinski definition) is 1. The van der Waals surface area contributed by atoms with Gasteiger partial charge in [-0.05, 0) is 43.8 Å². The molecule has 3 nitrogen and oxygen atoms in total. The van der Waals surface area contributed by atoms with Crippen molar-refractivity contribution in [3.8, 4) is 0 Å². The second-order valence-corrected chi connectivity index (χ2v) is 6.49. The average molecular weight is 255 g/mol. The normalized spacial score (nSPS) is 30.1. The Balaban J connectivity index is 1.85. The third-order valence-electron chi connectivity index (χ3n) is 3.92. The summed E-state index contributed by atoms with van der Waals surface area (Å²) >= 11 is 6.75. The Morgan fingerprint density at radius 2 is 2.06 bits per heavy atom. The highest BCUT2D eigenvalue weighted by molar-refractivity contribution is 7.73. The lowest BCUT2D eigenvalue weighted by Gasteiger charge is -2.43. The van der Waals surface area contributed by atoms with E-state index < -0.39 is 0 Å².